The Bertz CT molecular complexity index is 528. The molecule has 0 aliphatic heterocycles. The third-order valence-electron chi connectivity index (χ3n) is 2.01. The van der Waals surface area contributed by atoms with Crippen LogP contribution in [-0.4, -0.2) is 11.8 Å². The Morgan fingerprint density at radius 3 is 2.65 bits per heavy atom. The Kier molecular flexibility index (Phi) is 2.90. The monoisotopic (exact) mass is 244 g/mol. The van der Waals surface area contributed by atoms with Crippen molar-refractivity contribution in [1.82, 2.24) is 5.16 Å². The summed E-state index contributed by atoms with van der Waals surface area (Å²) in [7, 11) is 0. The quantitative estimate of drug-likeness (QED) is 0.901. The highest BCUT2D eigenvalue weighted by atomic mass is 19.3. The maximum atomic E-state index is 13.6. The fraction of sp³-hybridized carbons (Fsp3) is 0.100. The fourth-order valence-electron chi connectivity index (χ4n) is 1.31. The smallest absolute Gasteiger partial charge is 0.387 e. The molecule has 2 N–H and O–H groups in total. The molecule has 0 radical (unpaired) electrons. The Hall–Kier alpha value is -2.18. The van der Waals surface area contributed by atoms with Gasteiger partial charge in [0, 0.05) is 6.07 Å². The zero-order chi connectivity index (χ0) is 12.4. The van der Waals surface area contributed by atoms with Crippen LogP contribution in [0.5, 0.6) is 5.75 Å². The largest absolute Gasteiger partial charge is 0.435 e. The topological polar surface area (TPSA) is 61.3 Å². The van der Waals surface area contributed by atoms with Gasteiger partial charge in [-0.15, -0.1) is 0 Å². The van der Waals surface area contributed by atoms with Crippen molar-refractivity contribution in [3.63, 3.8) is 0 Å². The van der Waals surface area contributed by atoms with E-state index in [1.807, 2.05) is 0 Å². The number of nitrogen functional groups attached to an aromatic ring is 1. The van der Waals surface area contributed by atoms with Crippen LogP contribution in [0.25, 0.3) is 11.3 Å². The molecule has 0 aliphatic rings. The number of anilines is 1. The van der Waals surface area contributed by atoms with Gasteiger partial charge in [0.05, 0.1) is 11.8 Å². The predicted molar refractivity (Wildman–Crippen MR) is 52.9 cm³/mol. The molecule has 0 amide bonds. The molecule has 0 spiro atoms. The molecule has 0 fully saturated rings. The van der Waals surface area contributed by atoms with Crippen molar-refractivity contribution in [2.45, 2.75) is 6.61 Å². The standard InChI is InChI=1S/C10H7F3N2O2/c11-7-3-5(16-10(12)13)1-2-6(7)9-8(14)4-15-17-9/h1-4,10H,14H2. The first-order chi connectivity index (χ1) is 8.08. The summed E-state index contributed by atoms with van der Waals surface area (Å²) in [6.07, 6.45) is 1.22. The molecule has 0 bridgehead atoms. The zero-order valence-corrected chi connectivity index (χ0v) is 8.36. The number of nitrogens with two attached hydrogens (primary N) is 1. The van der Waals surface area contributed by atoms with Crippen molar-refractivity contribution in [1.29, 1.82) is 0 Å². The van der Waals surface area contributed by atoms with E-state index >= 15 is 0 Å². The van der Waals surface area contributed by atoms with Gasteiger partial charge >= 0.3 is 6.61 Å². The van der Waals surface area contributed by atoms with Crippen LogP contribution in [0.4, 0.5) is 18.9 Å². The first-order valence-electron chi connectivity index (χ1n) is 4.53. The SMILES string of the molecule is Nc1cnoc1-c1ccc(OC(F)F)cc1F. The molecule has 90 valence electrons. The lowest BCUT2D eigenvalue weighted by Crippen LogP contribution is -2.02. The van der Waals surface area contributed by atoms with Crippen LogP contribution in [0, 0.1) is 5.82 Å². The highest BCUT2D eigenvalue weighted by Gasteiger charge is 2.15. The summed E-state index contributed by atoms with van der Waals surface area (Å²) < 4.78 is 46.2. The highest BCUT2D eigenvalue weighted by molar-refractivity contribution is 5.70. The van der Waals surface area contributed by atoms with E-state index in [9.17, 15) is 13.2 Å². The third kappa shape index (κ3) is 2.32. The van der Waals surface area contributed by atoms with Crippen LogP contribution in [-0.2, 0) is 0 Å². The van der Waals surface area contributed by atoms with Crippen molar-refractivity contribution in [2.24, 2.45) is 0 Å². The molecule has 7 heteroatoms. The summed E-state index contributed by atoms with van der Waals surface area (Å²) in [5.74, 6) is -1.02. The molecule has 0 aliphatic carbocycles. The Labute approximate surface area is 93.8 Å². The molecular formula is C10H7F3N2O2. The number of halogens is 3. The minimum Gasteiger partial charge on any atom is -0.435 e. The molecule has 17 heavy (non-hydrogen) atoms. The van der Waals surface area contributed by atoms with Crippen molar-refractivity contribution in [3.8, 4) is 17.1 Å². The molecule has 0 saturated heterocycles. The van der Waals surface area contributed by atoms with E-state index in [4.69, 9.17) is 10.3 Å². The predicted octanol–water partition coefficient (Wildman–Crippen LogP) is 2.66. The second-order valence-corrected chi connectivity index (χ2v) is 3.13. The van der Waals surface area contributed by atoms with E-state index in [1.165, 1.54) is 18.3 Å². The summed E-state index contributed by atoms with van der Waals surface area (Å²) in [4.78, 5) is 0. The molecule has 1 aromatic heterocycles. The van der Waals surface area contributed by atoms with Gasteiger partial charge in [-0.05, 0) is 12.1 Å². The number of hydrogen-bond acceptors (Lipinski definition) is 4. The third-order valence-corrected chi connectivity index (χ3v) is 2.01. The van der Waals surface area contributed by atoms with Gasteiger partial charge in [-0.25, -0.2) is 4.39 Å². The van der Waals surface area contributed by atoms with Gasteiger partial charge < -0.3 is 15.0 Å². The molecule has 0 atom stereocenters. The summed E-state index contributed by atoms with van der Waals surface area (Å²) in [5.41, 5.74) is 5.67. The molecule has 0 unspecified atom stereocenters. The Morgan fingerprint density at radius 1 is 1.35 bits per heavy atom. The summed E-state index contributed by atoms with van der Waals surface area (Å²) in [5, 5.41) is 3.39. The van der Waals surface area contributed by atoms with E-state index in [0.29, 0.717) is 0 Å². The number of hydrogen-bond donors (Lipinski definition) is 1. The van der Waals surface area contributed by atoms with Gasteiger partial charge in [0.25, 0.3) is 0 Å². The van der Waals surface area contributed by atoms with Gasteiger partial charge in [0.1, 0.15) is 17.3 Å². The van der Waals surface area contributed by atoms with E-state index in [0.717, 1.165) is 6.07 Å². The maximum absolute atomic E-state index is 13.6. The highest BCUT2D eigenvalue weighted by Crippen LogP contribution is 2.30. The molecule has 1 aromatic carbocycles. The molecule has 2 aromatic rings. The second kappa shape index (κ2) is 4.36. The normalized spacial score (nSPS) is 10.8. The summed E-state index contributed by atoms with van der Waals surface area (Å²) in [6, 6.07) is 3.24. The number of nitrogens with zero attached hydrogens (tertiary/aromatic N) is 1. The van der Waals surface area contributed by atoms with Gasteiger partial charge in [-0.3, -0.25) is 0 Å². The van der Waals surface area contributed by atoms with Gasteiger partial charge in [-0.2, -0.15) is 8.78 Å². The maximum Gasteiger partial charge on any atom is 0.387 e. The minimum atomic E-state index is -3.00. The second-order valence-electron chi connectivity index (χ2n) is 3.13. The lowest BCUT2D eigenvalue weighted by Gasteiger charge is -2.06. The van der Waals surface area contributed by atoms with Crippen molar-refractivity contribution in [3.05, 3.63) is 30.2 Å². The van der Waals surface area contributed by atoms with Crippen LogP contribution >= 0.6 is 0 Å². The minimum absolute atomic E-state index is 0.0293. The van der Waals surface area contributed by atoms with Crippen LogP contribution < -0.4 is 10.5 Å². The number of benzene rings is 1. The zero-order valence-electron chi connectivity index (χ0n) is 8.36. The van der Waals surface area contributed by atoms with Gasteiger partial charge in [0.2, 0.25) is 0 Å². The van der Waals surface area contributed by atoms with E-state index in [2.05, 4.69) is 9.89 Å². The number of alkyl halides is 2. The lowest BCUT2D eigenvalue weighted by molar-refractivity contribution is -0.0499. The fourth-order valence-corrected chi connectivity index (χ4v) is 1.31. The van der Waals surface area contributed by atoms with Gasteiger partial charge in [-0.1, -0.05) is 5.16 Å². The van der Waals surface area contributed by atoms with E-state index in [1.54, 1.807) is 0 Å². The van der Waals surface area contributed by atoms with Crippen molar-refractivity contribution >= 4 is 5.69 Å². The number of ether oxygens (including phenoxy) is 1. The lowest BCUT2D eigenvalue weighted by atomic mass is 10.1. The molecule has 2 rings (SSSR count). The van der Waals surface area contributed by atoms with Crippen LogP contribution in [0.1, 0.15) is 0 Å². The van der Waals surface area contributed by atoms with Crippen LogP contribution in [0.3, 0.4) is 0 Å². The van der Waals surface area contributed by atoms with E-state index in [-0.39, 0.29) is 22.8 Å². The number of rotatable bonds is 3. The van der Waals surface area contributed by atoms with Gasteiger partial charge in [0.15, 0.2) is 5.76 Å². The van der Waals surface area contributed by atoms with Crippen molar-refractivity contribution < 1.29 is 22.4 Å². The average molecular weight is 244 g/mol. The molecule has 4 nitrogen and oxygen atoms in total. The average Bonchev–Trinajstić information content (AvgIpc) is 2.64. The summed E-state index contributed by atoms with van der Waals surface area (Å²) >= 11 is 0. The molecule has 1 heterocycles. The van der Waals surface area contributed by atoms with Crippen LogP contribution in [0.15, 0.2) is 28.9 Å². The first-order valence-corrected chi connectivity index (χ1v) is 4.53. The molecule has 0 saturated carbocycles. The summed E-state index contributed by atoms with van der Waals surface area (Å²) in [6.45, 7) is -3.00. The van der Waals surface area contributed by atoms with E-state index < -0.39 is 12.4 Å². The van der Waals surface area contributed by atoms with Crippen LogP contribution in [0.2, 0.25) is 0 Å². The van der Waals surface area contributed by atoms with Crippen molar-refractivity contribution in [2.75, 3.05) is 5.73 Å². The Balaban J connectivity index is 2.35. The first kappa shape index (κ1) is 11.3. The number of aromatic nitrogens is 1. The molecular weight excluding hydrogens is 237 g/mol. The Morgan fingerprint density at radius 2 is 2.12 bits per heavy atom.